The predicted octanol–water partition coefficient (Wildman–Crippen LogP) is 5.18. The molecule has 208 valence electrons. The molecule has 0 spiro atoms. The van der Waals surface area contributed by atoms with Crippen molar-refractivity contribution in [1.82, 2.24) is 19.4 Å². The Morgan fingerprint density at radius 3 is 2.51 bits per heavy atom. The van der Waals surface area contributed by atoms with Gasteiger partial charge in [-0.2, -0.15) is 14.7 Å². The number of rotatable bonds is 8. The number of piperidine rings is 1. The summed E-state index contributed by atoms with van der Waals surface area (Å²) >= 11 is 0. The Morgan fingerprint density at radius 2 is 1.80 bits per heavy atom. The number of hydrogen-bond acceptors (Lipinski definition) is 5. The summed E-state index contributed by atoms with van der Waals surface area (Å²) in [6.07, 6.45) is 5.08. The van der Waals surface area contributed by atoms with Gasteiger partial charge < -0.3 is 5.32 Å². The molecule has 1 N–H and O–H groups in total. The van der Waals surface area contributed by atoms with E-state index in [1.54, 1.807) is 39.4 Å². The SMILES string of the molecule is CC1CCCN(S(=O)(=O)c2cccc(-c3nn(-c4ccccc4)cc3C=C(C#N)C(=O)NCc3ccccc3)c2)C1. The maximum absolute atomic E-state index is 13.5. The average Bonchev–Trinajstić information content (AvgIpc) is 3.43. The fourth-order valence-electron chi connectivity index (χ4n) is 4.93. The van der Waals surface area contributed by atoms with E-state index in [-0.39, 0.29) is 17.0 Å². The molecular weight excluding hydrogens is 534 g/mol. The molecule has 3 aromatic carbocycles. The minimum Gasteiger partial charge on any atom is -0.347 e. The number of aromatic nitrogens is 2. The highest BCUT2D eigenvalue weighted by Gasteiger charge is 2.29. The number of carbonyl (C=O) groups excluding carboxylic acids is 1. The Labute approximate surface area is 240 Å². The van der Waals surface area contributed by atoms with E-state index >= 15 is 0 Å². The summed E-state index contributed by atoms with van der Waals surface area (Å²) < 4.78 is 30.3. The summed E-state index contributed by atoms with van der Waals surface area (Å²) in [5.74, 6) is -0.206. The van der Waals surface area contributed by atoms with Gasteiger partial charge in [0, 0.05) is 37.0 Å². The molecule has 1 saturated heterocycles. The molecule has 1 unspecified atom stereocenters. The first-order valence-electron chi connectivity index (χ1n) is 13.5. The van der Waals surface area contributed by atoms with Gasteiger partial charge in [0.15, 0.2) is 0 Å². The monoisotopic (exact) mass is 565 g/mol. The Balaban J connectivity index is 1.52. The fourth-order valence-corrected chi connectivity index (χ4v) is 6.57. The number of benzene rings is 3. The quantitative estimate of drug-likeness (QED) is 0.234. The molecule has 9 heteroatoms. The molecule has 1 amide bonds. The van der Waals surface area contributed by atoms with Crippen molar-refractivity contribution in [1.29, 1.82) is 5.26 Å². The van der Waals surface area contributed by atoms with Crippen molar-refractivity contribution in [2.24, 2.45) is 5.92 Å². The minimum atomic E-state index is -3.69. The first-order valence-corrected chi connectivity index (χ1v) is 15.0. The number of nitrogens with one attached hydrogen (secondary N) is 1. The minimum absolute atomic E-state index is 0.0825. The van der Waals surface area contributed by atoms with Gasteiger partial charge in [-0.25, -0.2) is 13.1 Å². The number of sulfonamides is 1. The zero-order chi connectivity index (χ0) is 28.8. The average molecular weight is 566 g/mol. The summed E-state index contributed by atoms with van der Waals surface area (Å²) in [5.41, 5.74) is 3.16. The van der Waals surface area contributed by atoms with Gasteiger partial charge in [-0.1, -0.05) is 67.6 Å². The highest BCUT2D eigenvalue weighted by Crippen LogP contribution is 2.30. The molecule has 1 aromatic heterocycles. The van der Waals surface area contributed by atoms with Crippen LogP contribution >= 0.6 is 0 Å². The van der Waals surface area contributed by atoms with E-state index in [9.17, 15) is 18.5 Å². The highest BCUT2D eigenvalue weighted by atomic mass is 32.2. The van der Waals surface area contributed by atoms with E-state index in [1.165, 1.54) is 6.08 Å². The molecular formula is C32H31N5O3S. The summed E-state index contributed by atoms with van der Waals surface area (Å²) in [6.45, 7) is 3.34. The van der Waals surface area contributed by atoms with Gasteiger partial charge in [0.1, 0.15) is 17.3 Å². The van der Waals surface area contributed by atoms with Crippen LogP contribution in [0.2, 0.25) is 0 Å². The molecule has 0 aliphatic carbocycles. The van der Waals surface area contributed by atoms with Gasteiger partial charge in [-0.15, -0.1) is 0 Å². The van der Waals surface area contributed by atoms with Gasteiger partial charge in [0.25, 0.3) is 5.91 Å². The lowest BCUT2D eigenvalue weighted by atomic mass is 10.0. The number of amides is 1. The van der Waals surface area contributed by atoms with Crippen LogP contribution in [0.1, 0.15) is 30.9 Å². The molecule has 1 atom stereocenters. The van der Waals surface area contributed by atoms with E-state index in [1.807, 2.05) is 66.7 Å². The molecule has 0 radical (unpaired) electrons. The largest absolute Gasteiger partial charge is 0.347 e. The molecule has 1 aliphatic heterocycles. The molecule has 0 saturated carbocycles. The standard InChI is InChI=1S/C32H31N5O3S/c1-24-10-9-17-36(22-24)41(39,40)30-16-8-13-26(19-30)31-28(23-37(35-31)29-14-6-3-7-15-29)18-27(20-33)32(38)34-21-25-11-4-2-5-12-25/h2-8,11-16,18-19,23-24H,9-10,17,21-22H2,1H3,(H,34,38). The second-order valence-electron chi connectivity index (χ2n) is 10.2. The van der Waals surface area contributed by atoms with Crippen LogP contribution in [0.15, 0.2) is 102 Å². The van der Waals surface area contributed by atoms with E-state index < -0.39 is 15.9 Å². The van der Waals surface area contributed by atoms with Crippen molar-refractivity contribution in [2.45, 2.75) is 31.2 Å². The number of carbonyl (C=O) groups is 1. The van der Waals surface area contributed by atoms with Crippen LogP contribution in [0.3, 0.4) is 0 Å². The Kier molecular flexibility index (Phi) is 8.43. The third-order valence-corrected chi connectivity index (χ3v) is 8.95. The summed E-state index contributed by atoms with van der Waals surface area (Å²) in [6, 6.07) is 27.6. The van der Waals surface area contributed by atoms with Crippen LogP contribution in [0.4, 0.5) is 0 Å². The lowest BCUT2D eigenvalue weighted by molar-refractivity contribution is -0.117. The van der Waals surface area contributed by atoms with Crippen molar-refractivity contribution >= 4 is 22.0 Å². The van der Waals surface area contributed by atoms with Crippen LogP contribution in [-0.2, 0) is 21.4 Å². The zero-order valence-corrected chi connectivity index (χ0v) is 23.6. The van der Waals surface area contributed by atoms with Crippen LogP contribution < -0.4 is 5.32 Å². The first kappa shape index (κ1) is 28.0. The molecule has 0 bridgehead atoms. The molecule has 2 heterocycles. The van der Waals surface area contributed by atoms with E-state index in [2.05, 4.69) is 12.2 Å². The van der Waals surface area contributed by atoms with E-state index in [4.69, 9.17) is 5.10 Å². The molecule has 8 nitrogen and oxygen atoms in total. The molecule has 41 heavy (non-hydrogen) atoms. The van der Waals surface area contributed by atoms with Gasteiger partial charge in [0.2, 0.25) is 10.0 Å². The maximum atomic E-state index is 13.5. The Hall–Kier alpha value is -4.52. The number of nitriles is 1. The van der Waals surface area contributed by atoms with Crippen LogP contribution in [0.25, 0.3) is 23.0 Å². The van der Waals surface area contributed by atoms with Crippen molar-refractivity contribution < 1.29 is 13.2 Å². The summed E-state index contributed by atoms with van der Waals surface area (Å²) in [5, 5.41) is 17.4. The van der Waals surface area contributed by atoms with Crippen LogP contribution in [0, 0.1) is 17.2 Å². The van der Waals surface area contributed by atoms with Gasteiger partial charge >= 0.3 is 0 Å². The molecule has 1 fully saturated rings. The number of nitrogens with zero attached hydrogens (tertiary/aromatic N) is 4. The van der Waals surface area contributed by atoms with E-state index in [0.29, 0.717) is 35.8 Å². The lowest BCUT2D eigenvalue weighted by Crippen LogP contribution is -2.39. The van der Waals surface area contributed by atoms with E-state index in [0.717, 1.165) is 24.1 Å². The molecule has 4 aromatic rings. The van der Waals surface area contributed by atoms with Crippen molar-refractivity contribution in [2.75, 3.05) is 13.1 Å². The lowest BCUT2D eigenvalue weighted by Gasteiger charge is -2.30. The third-order valence-electron chi connectivity index (χ3n) is 7.09. The third kappa shape index (κ3) is 6.46. The number of hydrogen-bond donors (Lipinski definition) is 1. The fraction of sp³-hybridized carbons (Fsp3) is 0.219. The molecule has 1 aliphatic rings. The Bertz CT molecular complexity index is 1710. The van der Waals surface area contributed by atoms with Gasteiger partial charge in [-0.05, 0) is 54.7 Å². The second kappa shape index (κ2) is 12.3. The Morgan fingerprint density at radius 1 is 1.07 bits per heavy atom. The molecule has 5 rings (SSSR count). The summed E-state index contributed by atoms with van der Waals surface area (Å²) in [7, 11) is -3.69. The second-order valence-corrected chi connectivity index (χ2v) is 12.1. The zero-order valence-electron chi connectivity index (χ0n) is 22.8. The van der Waals surface area contributed by atoms with Crippen LogP contribution in [0.5, 0.6) is 0 Å². The highest BCUT2D eigenvalue weighted by molar-refractivity contribution is 7.89. The van der Waals surface area contributed by atoms with Gasteiger partial charge in [0.05, 0.1) is 10.6 Å². The topological polar surface area (TPSA) is 108 Å². The normalized spacial score (nSPS) is 16.2. The van der Waals surface area contributed by atoms with Gasteiger partial charge in [-0.3, -0.25) is 4.79 Å². The van der Waals surface area contributed by atoms with Crippen molar-refractivity contribution in [3.63, 3.8) is 0 Å². The smallest absolute Gasteiger partial charge is 0.262 e. The summed E-state index contributed by atoms with van der Waals surface area (Å²) in [4.78, 5) is 13.1. The van der Waals surface area contributed by atoms with Crippen molar-refractivity contribution in [3.05, 3.63) is 108 Å². The first-order chi connectivity index (χ1) is 19.8. The maximum Gasteiger partial charge on any atom is 0.262 e. The van der Waals surface area contributed by atoms with Crippen LogP contribution in [-0.4, -0.2) is 41.5 Å². The number of para-hydroxylation sites is 1. The van der Waals surface area contributed by atoms with Crippen molar-refractivity contribution in [3.8, 4) is 23.0 Å². The predicted molar refractivity (Wildman–Crippen MR) is 158 cm³/mol.